The van der Waals surface area contributed by atoms with Gasteiger partial charge in [-0.05, 0) is 60.9 Å². The minimum atomic E-state index is -0.215. The van der Waals surface area contributed by atoms with Crippen molar-refractivity contribution in [2.45, 2.75) is 20.3 Å². The molecule has 1 N–H and O–H groups in total. The monoisotopic (exact) mass is 400 g/mol. The van der Waals surface area contributed by atoms with Crippen molar-refractivity contribution in [3.05, 3.63) is 70.4 Å². The molecule has 0 bridgehead atoms. The second-order valence-corrected chi connectivity index (χ2v) is 7.13. The van der Waals surface area contributed by atoms with Crippen LogP contribution in [-0.2, 0) is 13.5 Å². The van der Waals surface area contributed by atoms with E-state index >= 15 is 0 Å². The van der Waals surface area contributed by atoms with Crippen LogP contribution in [0.25, 0.3) is 28.0 Å². The number of pyridine rings is 2. The second kappa shape index (κ2) is 6.84. The first-order chi connectivity index (χ1) is 14.6. The largest absolute Gasteiger partial charge is 0.425 e. The lowest BCUT2D eigenvalue weighted by Crippen LogP contribution is -2.14. The number of nitrogens with zero attached hydrogens (tertiary/aromatic N) is 5. The Bertz CT molecular complexity index is 1440. The van der Waals surface area contributed by atoms with Crippen LogP contribution < -0.4 is 10.4 Å². The van der Waals surface area contributed by atoms with Gasteiger partial charge in [-0.15, -0.1) is 0 Å². The predicted octanol–water partition coefficient (Wildman–Crippen LogP) is 3.66. The van der Waals surface area contributed by atoms with Gasteiger partial charge in [-0.2, -0.15) is 4.98 Å². The molecule has 0 amide bonds. The normalized spacial score (nSPS) is 11.4. The maximum atomic E-state index is 12.7. The zero-order valence-electron chi connectivity index (χ0n) is 16.9. The van der Waals surface area contributed by atoms with Crippen molar-refractivity contribution in [3.8, 4) is 17.4 Å². The Hall–Kier alpha value is -3.94. The summed E-state index contributed by atoms with van der Waals surface area (Å²) in [6, 6.07) is 11.5. The minimum Gasteiger partial charge on any atom is -0.425 e. The number of fused-ring (bicyclic) bond motifs is 2. The average molecular weight is 400 g/mol. The van der Waals surface area contributed by atoms with Crippen LogP contribution in [0.4, 0.5) is 0 Å². The van der Waals surface area contributed by atoms with E-state index in [0.717, 1.165) is 34.2 Å². The van der Waals surface area contributed by atoms with E-state index in [1.165, 1.54) is 0 Å². The Morgan fingerprint density at radius 3 is 2.63 bits per heavy atom. The highest BCUT2D eigenvalue weighted by Gasteiger charge is 2.15. The SMILES string of the molecule is CCc1c(C)cnc2c1[nH]c(=O)n2-c1ccc(Oc2nc3cccnc3n2C)cc1. The third-order valence-corrected chi connectivity index (χ3v) is 5.27. The first kappa shape index (κ1) is 18.1. The molecule has 8 heteroatoms. The number of H-pyrrole nitrogens is 1. The fourth-order valence-electron chi connectivity index (χ4n) is 3.75. The smallest absolute Gasteiger partial charge is 0.332 e. The summed E-state index contributed by atoms with van der Waals surface area (Å²) >= 11 is 0. The van der Waals surface area contributed by atoms with Gasteiger partial charge in [0.1, 0.15) is 11.3 Å². The van der Waals surface area contributed by atoms with Crippen LogP contribution in [-0.4, -0.2) is 29.1 Å². The minimum absolute atomic E-state index is 0.215. The molecule has 0 aliphatic rings. The third-order valence-electron chi connectivity index (χ3n) is 5.27. The van der Waals surface area contributed by atoms with Crippen LogP contribution in [0, 0.1) is 6.92 Å². The number of rotatable bonds is 4. The summed E-state index contributed by atoms with van der Waals surface area (Å²) in [7, 11) is 1.86. The van der Waals surface area contributed by atoms with E-state index in [1.807, 2.05) is 56.6 Å². The van der Waals surface area contributed by atoms with Crippen molar-refractivity contribution in [2.24, 2.45) is 7.05 Å². The molecule has 4 heterocycles. The van der Waals surface area contributed by atoms with Crippen LogP contribution in [0.2, 0.25) is 0 Å². The summed E-state index contributed by atoms with van der Waals surface area (Å²) in [6.07, 6.45) is 4.35. The molecule has 30 heavy (non-hydrogen) atoms. The molecule has 0 spiro atoms. The lowest BCUT2D eigenvalue weighted by molar-refractivity contribution is 0.427. The van der Waals surface area contributed by atoms with Crippen molar-refractivity contribution in [3.63, 3.8) is 0 Å². The van der Waals surface area contributed by atoms with Crippen LogP contribution in [0.15, 0.2) is 53.6 Å². The molecule has 0 atom stereocenters. The average Bonchev–Trinajstić information content (AvgIpc) is 3.25. The molecule has 0 aliphatic heterocycles. The van der Waals surface area contributed by atoms with Crippen molar-refractivity contribution in [1.29, 1.82) is 0 Å². The van der Waals surface area contributed by atoms with Gasteiger partial charge < -0.3 is 9.72 Å². The molecule has 150 valence electrons. The molecule has 0 unspecified atom stereocenters. The molecular weight excluding hydrogens is 380 g/mol. The highest BCUT2D eigenvalue weighted by Crippen LogP contribution is 2.26. The lowest BCUT2D eigenvalue weighted by Gasteiger charge is -2.08. The number of hydrogen-bond donors (Lipinski definition) is 1. The van der Waals surface area contributed by atoms with E-state index in [1.54, 1.807) is 15.3 Å². The Labute approximate surface area is 171 Å². The Morgan fingerprint density at radius 2 is 1.90 bits per heavy atom. The second-order valence-electron chi connectivity index (χ2n) is 7.13. The summed E-state index contributed by atoms with van der Waals surface area (Å²) < 4.78 is 9.32. The van der Waals surface area contributed by atoms with E-state index < -0.39 is 0 Å². The fraction of sp³-hybridized carbons (Fsp3) is 0.182. The Kier molecular flexibility index (Phi) is 4.13. The molecule has 5 rings (SSSR count). The summed E-state index contributed by atoms with van der Waals surface area (Å²) in [6.45, 7) is 4.07. The van der Waals surface area contributed by atoms with Gasteiger partial charge in [0.2, 0.25) is 0 Å². The molecule has 0 saturated heterocycles. The molecule has 0 aliphatic carbocycles. The van der Waals surface area contributed by atoms with Crippen LogP contribution in [0.5, 0.6) is 11.8 Å². The first-order valence-electron chi connectivity index (χ1n) is 9.71. The maximum Gasteiger partial charge on any atom is 0.332 e. The number of hydrogen-bond acceptors (Lipinski definition) is 5. The van der Waals surface area contributed by atoms with E-state index in [0.29, 0.717) is 23.1 Å². The first-order valence-corrected chi connectivity index (χ1v) is 9.71. The number of nitrogens with one attached hydrogen (secondary N) is 1. The molecule has 5 aromatic rings. The van der Waals surface area contributed by atoms with Gasteiger partial charge in [0, 0.05) is 19.4 Å². The number of aryl methyl sites for hydroxylation is 3. The number of aromatic nitrogens is 6. The maximum absolute atomic E-state index is 12.7. The van der Waals surface area contributed by atoms with Crippen LogP contribution in [0.3, 0.4) is 0 Å². The molecule has 1 aromatic carbocycles. The Morgan fingerprint density at radius 1 is 1.10 bits per heavy atom. The van der Waals surface area contributed by atoms with Crippen molar-refractivity contribution < 1.29 is 4.74 Å². The molecule has 8 nitrogen and oxygen atoms in total. The Balaban J connectivity index is 1.52. The standard InChI is InChI=1S/C22H20N6O2/c1-4-16-13(2)12-24-20-18(16)26-21(29)28(20)14-7-9-15(10-8-14)30-22-25-17-6-5-11-23-19(17)27(22)3/h5-12H,4H2,1-3H3,(H,26,29). The number of aromatic amines is 1. The lowest BCUT2D eigenvalue weighted by atomic mass is 10.1. The van der Waals surface area contributed by atoms with E-state index in [9.17, 15) is 4.79 Å². The summed E-state index contributed by atoms with van der Waals surface area (Å²) in [5.41, 5.74) is 5.60. The zero-order chi connectivity index (χ0) is 20.8. The molecular formula is C22H20N6O2. The van der Waals surface area contributed by atoms with Crippen LogP contribution >= 0.6 is 0 Å². The predicted molar refractivity (Wildman–Crippen MR) is 114 cm³/mol. The van der Waals surface area contributed by atoms with Gasteiger partial charge >= 0.3 is 11.7 Å². The number of benzene rings is 1. The van der Waals surface area contributed by atoms with Crippen LogP contribution in [0.1, 0.15) is 18.1 Å². The summed E-state index contributed by atoms with van der Waals surface area (Å²) in [5.74, 6) is 0.614. The molecule has 0 fully saturated rings. The van der Waals surface area contributed by atoms with E-state index in [-0.39, 0.29) is 5.69 Å². The topological polar surface area (TPSA) is 90.6 Å². The molecule has 0 radical (unpaired) electrons. The van der Waals surface area contributed by atoms with Gasteiger partial charge in [0.25, 0.3) is 0 Å². The fourth-order valence-corrected chi connectivity index (χ4v) is 3.75. The number of imidazole rings is 2. The third kappa shape index (κ3) is 2.76. The zero-order valence-corrected chi connectivity index (χ0v) is 16.9. The van der Waals surface area contributed by atoms with Gasteiger partial charge in [0.15, 0.2) is 11.3 Å². The van der Waals surface area contributed by atoms with Gasteiger partial charge in [-0.1, -0.05) is 6.92 Å². The van der Waals surface area contributed by atoms with Crippen molar-refractivity contribution in [1.82, 2.24) is 29.1 Å². The molecule has 0 saturated carbocycles. The van der Waals surface area contributed by atoms with Gasteiger partial charge in [-0.25, -0.2) is 19.3 Å². The summed E-state index contributed by atoms with van der Waals surface area (Å²) in [5, 5.41) is 0. The van der Waals surface area contributed by atoms with Gasteiger partial charge in [-0.3, -0.25) is 4.57 Å². The summed E-state index contributed by atoms with van der Waals surface area (Å²) in [4.78, 5) is 28.9. The highest BCUT2D eigenvalue weighted by atomic mass is 16.5. The van der Waals surface area contributed by atoms with Crippen molar-refractivity contribution in [2.75, 3.05) is 0 Å². The number of ether oxygens (including phenoxy) is 1. The highest BCUT2D eigenvalue weighted by molar-refractivity contribution is 5.78. The quantitative estimate of drug-likeness (QED) is 0.497. The van der Waals surface area contributed by atoms with E-state index in [2.05, 4.69) is 26.9 Å². The van der Waals surface area contributed by atoms with Gasteiger partial charge in [0.05, 0.1) is 11.2 Å². The van der Waals surface area contributed by atoms with Crippen molar-refractivity contribution >= 4 is 22.3 Å². The molecule has 4 aromatic heterocycles. The van der Waals surface area contributed by atoms with E-state index in [4.69, 9.17) is 4.74 Å².